The Labute approximate surface area is 151 Å². The Kier molecular flexibility index (Phi) is 5.74. The molecule has 2 aromatic carbocycles. The van der Waals surface area contributed by atoms with Crippen LogP contribution in [0, 0.1) is 5.92 Å². The molecule has 2 aromatic rings. The summed E-state index contributed by atoms with van der Waals surface area (Å²) in [4.78, 5) is 17.1. The number of fused-ring (bicyclic) bond motifs is 1. The molecule has 3 rings (SSSR count). The zero-order chi connectivity index (χ0) is 17.8. The van der Waals surface area contributed by atoms with Crippen molar-refractivity contribution in [2.75, 3.05) is 26.2 Å². The molecular formula is C22H30N2O. The molecule has 3 heteroatoms. The van der Waals surface area contributed by atoms with Crippen LogP contribution < -0.4 is 0 Å². The van der Waals surface area contributed by atoms with Gasteiger partial charge in [0.25, 0.3) is 0 Å². The number of carbonyl (C=O) groups excluding carboxylic acids is 1. The lowest BCUT2D eigenvalue weighted by atomic mass is 9.92. The first-order chi connectivity index (χ1) is 12.2. The average molecular weight is 338 g/mol. The first-order valence-electron chi connectivity index (χ1n) is 9.66. The van der Waals surface area contributed by atoms with Gasteiger partial charge in [0.2, 0.25) is 5.91 Å². The lowest BCUT2D eigenvalue weighted by Gasteiger charge is -2.37. The standard InChI is InChI=1S/C22H30N2O/c1-4-23(5-2)22(25)19-13-15-24(16-14-19)17(3)20-12-8-10-18-9-6-7-11-21(18)20/h6-12,17,19H,4-5,13-16H2,1-3H3/t17-/m0/s1. The van der Waals surface area contributed by atoms with E-state index in [4.69, 9.17) is 0 Å². The second-order valence-electron chi connectivity index (χ2n) is 7.07. The van der Waals surface area contributed by atoms with Gasteiger partial charge < -0.3 is 4.90 Å². The van der Waals surface area contributed by atoms with E-state index in [1.54, 1.807) is 0 Å². The van der Waals surface area contributed by atoms with Gasteiger partial charge in [-0.1, -0.05) is 42.5 Å². The molecule has 1 aliphatic rings. The number of amides is 1. The summed E-state index contributed by atoms with van der Waals surface area (Å²) in [5.74, 6) is 0.554. The molecule has 1 atom stereocenters. The molecule has 3 nitrogen and oxygen atoms in total. The predicted molar refractivity (Wildman–Crippen MR) is 105 cm³/mol. The minimum atomic E-state index is 0.205. The number of likely N-dealkylation sites (tertiary alicyclic amines) is 1. The van der Waals surface area contributed by atoms with Crippen molar-refractivity contribution in [3.63, 3.8) is 0 Å². The third kappa shape index (κ3) is 3.72. The van der Waals surface area contributed by atoms with Crippen LogP contribution in [0.5, 0.6) is 0 Å². The maximum absolute atomic E-state index is 12.6. The molecule has 1 heterocycles. The Morgan fingerprint density at radius 2 is 1.72 bits per heavy atom. The number of piperidine rings is 1. The van der Waals surface area contributed by atoms with Crippen LogP contribution in [0.2, 0.25) is 0 Å². The molecule has 1 aliphatic heterocycles. The Morgan fingerprint density at radius 3 is 2.40 bits per heavy atom. The van der Waals surface area contributed by atoms with Crippen molar-refractivity contribution in [1.82, 2.24) is 9.80 Å². The van der Waals surface area contributed by atoms with E-state index in [1.165, 1.54) is 16.3 Å². The Hall–Kier alpha value is -1.87. The highest BCUT2D eigenvalue weighted by Crippen LogP contribution is 2.31. The lowest BCUT2D eigenvalue weighted by molar-refractivity contribution is -0.136. The van der Waals surface area contributed by atoms with Gasteiger partial charge in [0, 0.05) is 25.0 Å². The topological polar surface area (TPSA) is 23.6 Å². The van der Waals surface area contributed by atoms with Crippen molar-refractivity contribution in [3.8, 4) is 0 Å². The van der Waals surface area contributed by atoms with Gasteiger partial charge in [0.1, 0.15) is 0 Å². The summed E-state index contributed by atoms with van der Waals surface area (Å²) in [6.45, 7) is 10.1. The normalized spacial score (nSPS) is 17.6. The summed E-state index contributed by atoms with van der Waals surface area (Å²) < 4.78 is 0. The predicted octanol–water partition coefficient (Wildman–Crippen LogP) is 4.48. The number of hydrogen-bond acceptors (Lipinski definition) is 2. The minimum absolute atomic E-state index is 0.205. The van der Waals surface area contributed by atoms with Crippen LogP contribution in [-0.2, 0) is 4.79 Å². The molecule has 0 aliphatic carbocycles. The minimum Gasteiger partial charge on any atom is -0.343 e. The number of nitrogens with zero attached hydrogens (tertiary/aromatic N) is 2. The van der Waals surface area contributed by atoms with Crippen LogP contribution in [0.1, 0.15) is 45.2 Å². The summed E-state index contributed by atoms with van der Waals surface area (Å²) in [6, 6.07) is 15.6. The summed E-state index contributed by atoms with van der Waals surface area (Å²) >= 11 is 0. The molecule has 0 saturated carbocycles. The number of rotatable bonds is 5. The van der Waals surface area contributed by atoms with Gasteiger partial charge in [-0.05, 0) is 63.0 Å². The molecule has 0 spiro atoms. The summed E-state index contributed by atoms with van der Waals surface area (Å²) in [7, 11) is 0. The summed E-state index contributed by atoms with van der Waals surface area (Å²) in [5, 5.41) is 2.65. The van der Waals surface area contributed by atoms with Crippen LogP contribution in [0.3, 0.4) is 0 Å². The summed E-state index contributed by atoms with van der Waals surface area (Å²) in [5.41, 5.74) is 1.40. The van der Waals surface area contributed by atoms with Crippen molar-refractivity contribution in [3.05, 3.63) is 48.0 Å². The first kappa shape index (κ1) is 17.9. The highest BCUT2D eigenvalue weighted by atomic mass is 16.2. The highest BCUT2D eigenvalue weighted by Gasteiger charge is 2.29. The molecule has 0 unspecified atom stereocenters. The van der Waals surface area contributed by atoms with Gasteiger partial charge in [0.15, 0.2) is 0 Å². The molecule has 134 valence electrons. The quantitative estimate of drug-likeness (QED) is 0.802. The van der Waals surface area contributed by atoms with Crippen LogP contribution in [0.15, 0.2) is 42.5 Å². The van der Waals surface area contributed by atoms with E-state index in [1.807, 2.05) is 4.90 Å². The maximum atomic E-state index is 12.6. The fourth-order valence-electron chi connectivity index (χ4n) is 4.14. The van der Waals surface area contributed by atoms with E-state index in [0.717, 1.165) is 39.0 Å². The largest absolute Gasteiger partial charge is 0.343 e. The van der Waals surface area contributed by atoms with E-state index in [-0.39, 0.29) is 5.92 Å². The van der Waals surface area contributed by atoms with Gasteiger partial charge in [0.05, 0.1) is 0 Å². The van der Waals surface area contributed by atoms with E-state index in [9.17, 15) is 4.79 Å². The molecule has 1 amide bonds. The van der Waals surface area contributed by atoms with Gasteiger partial charge in [-0.15, -0.1) is 0 Å². The van der Waals surface area contributed by atoms with Crippen molar-refractivity contribution in [2.45, 2.75) is 39.7 Å². The Morgan fingerprint density at radius 1 is 1.08 bits per heavy atom. The van der Waals surface area contributed by atoms with E-state index < -0.39 is 0 Å². The zero-order valence-corrected chi connectivity index (χ0v) is 15.7. The fraction of sp³-hybridized carbons (Fsp3) is 0.500. The van der Waals surface area contributed by atoms with Crippen molar-refractivity contribution < 1.29 is 4.79 Å². The maximum Gasteiger partial charge on any atom is 0.225 e. The number of benzene rings is 2. The zero-order valence-electron chi connectivity index (χ0n) is 15.7. The van der Waals surface area contributed by atoms with Crippen LogP contribution in [0.25, 0.3) is 10.8 Å². The van der Waals surface area contributed by atoms with E-state index in [0.29, 0.717) is 11.9 Å². The number of carbonyl (C=O) groups is 1. The summed E-state index contributed by atoms with van der Waals surface area (Å²) in [6.07, 6.45) is 1.95. The van der Waals surface area contributed by atoms with Crippen LogP contribution in [0.4, 0.5) is 0 Å². The first-order valence-corrected chi connectivity index (χ1v) is 9.66. The Bertz CT molecular complexity index is 710. The van der Waals surface area contributed by atoms with Crippen molar-refractivity contribution in [2.24, 2.45) is 5.92 Å². The van der Waals surface area contributed by atoms with Gasteiger partial charge >= 0.3 is 0 Å². The van der Waals surface area contributed by atoms with Crippen molar-refractivity contribution in [1.29, 1.82) is 0 Å². The van der Waals surface area contributed by atoms with E-state index >= 15 is 0 Å². The fourth-order valence-corrected chi connectivity index (χ4v) is 4.14. The molecule has 1 saturated heterocycles. The lowest BCUT2D eigenvalue weighted by Crippen LogP contribution is -2.43. The highest BCUT2D eigenvalue weighted by molar-refractivity contribution is 5.86. The van der Waals surface area contributed by atoms with Gasteiger partial charge in [-0.2, -0.15) is 0 Å². The third-order valence-corrected chi connectivity index (χ3v) is 5.78. The van der Waals surface area contributed by atoms with Gasteiger partial charge in [-0.25, -0.2) is 0 Å². The third-order valence-electron chi connectivity index (χ3n) is 5.78. The molecular weight excluding hydrogens is 308 g/mol. The van der Waals surface area contributed by atoms with Crippen LogP contribution >= 0.6 is 0 Å². The molecule has 1 fully saturated rings. The monoisotopic (exact) mass is 338 g/mol. The SMILES string of the molecule is CCN(CC)C(=O)C1CCN([C@@H](C)c2cccc3ccccc23)CC1. The smallest absolute Gasteiger partial charge is 0.225 e. The molecule has 0 bridgehead atoms. The second kappa shape index (κ2) is 8.01. The molecule has 0 N–H and O–H groups in total. The van der Waals surface area contributed by atoms with Crippen LogP contribution in [-0.4, -0.2) is 41.9 Å². The molecule has 25 heavy (non-hydrogen) atoms. The van der Waals surface area contributed by atoms with E-state index in [2.05, 4.69) is 68.1 Å². The average Bonchev–Trinajstić information content (AvgIpc) is 2.68. The number of hydrogen-bond donors (Lipinski definition) is 0. The molecule has 0 radical (unpaired) electrons. The Balaban J connectivity index is 1.69. The second-order valence-corrected chi connectivity index (χ2v) is 7.07. The van der Waals surface area contributed by atoms with Crippen molar-refractivity contribution >= 4 is 16.7 Å². The van der Waals surface area contributed by atoms with Gasteiger partial charge in [-0.3, -0.25) is 9.69 Å². The molecule has 0 aromatic heterocycles.